The van der Waals surface area contributed by atoms with Gasteiger partial charge in [0.25, 0.3) is 0 Å². The number of ketones is 1. The zero-order chi connectivity index (χ0) is 19.8. The maximum Gasteiger partial charge on any atom is 0.192 e. The Kier molecular flexibility index (Phi) is 4.72. The van der Waals surface area contributed by atoms with E-state index in [4.69, 9.17) is 0 Å². The van der Waals surface area contributed by atoms with Crippen LogP contribution in [0.1, 0.15) is 47.4 Å². The molecule has 0 spiro atoms. The Labute approximate surface area is 173 Å². The molecular formula is C23H22N4OS. The number of hydrogen-bond acceptors (Lipinski definition) is 4. The topological polar surface area (TPSA) is 63.6 Å². The minimum Gasteiger partial charge on any atom is -0.360 e. The summed E-state index contributed by atoms with van der Waals surface area (Å²) in [6.45, 7) is 2.68. The quantitative estimate of drug-likeness (QED) is 0.347. The average Bonchev–Trinajstić information content (AvgIpc) is 3.39. The third-order valence-corrected chi connectivity index (χ3v) is 6.46. The molecule has 2 heterocycles. The lowest BCUT2D eigenvalue weighted by Gasteiger charge is -2.13. The molecule has 1 aliphatic rings. The molecule has 2 aromatic heterocycles. The first kappa shape index (κ1) is 18.2. The monoisotopic (exact) mass is 402 g/mol. The number of para-hydroxylation sites is 1. The van der Waals surface area contributed by atoms with Crippen LogP contribution in [0.2, 0.25) is 0 Å². The van der Waals surface area contributed by atoms with Gasteiger partial charge in [0.15, 0.2) is 10.9 Å². The molecular weight excluding hydrogens is 380 g/mol. The van der Waals surface area contributed by atoms with Crippen molar-refractivity contribution in [3.63, 3.8) is 0 Å². The third kappa shape index (κ3) is 3.60. The number of nitrogens with one attached hydrogen (secondary N) is 1. The molecule has 1 fully saturated rings. The van der Waals surface area contributed by atoms with Gasteiger partial charge in [0, 0.05) is 28.6 Å². The van der Waals surface area contributed by atoms with Crippen molar-refractivity contribution in [2.45, 2.75) is 42.6 Å². The maximum absolute atomic E-state index is 13.1. The number of aromatic amines is 1. The molecule has 0 amide bonds. The first-order valence-corrected chi connectivity index (χ1v) is 10.8. The summed E-state index contributed by atoms with van der Waals surface area (Å²) in [6.07, 6.45) is 4.15. The standard InChI is InChI=1S/C23H22N4OS/c1-15(21(28)19-13-24-20-10-6-5-9-18(19)20)29-23-26-25-22(17-11-12-17)27(23)14-16-7-3-2-4-8-16/h2-10,13,15,17,24H,11-12,14H2,1H3/t15-/m1/s1. The summed E-state index contributed by atoms with van der Waals surface area (Å²) < 4.78 is 2.19. The normalized spacial score (nSPS) is 14.9. The number of Topliss-reactive ketones (excluding diaryl/α,β-unsaturated/α-hetero) is 1. The lowest BCUT2D eigenvalue weighted by Crippen LogP contribution is -2.15. The Bertz CT molecular complexity index is 1160. The largest absolute Gasteiger partial charge is 0.360 e. The highest BCUT2D eigenvalue weighted by Gasteiger charge is 2.31. The molecule has 0 bridgehead atoms. The van der Waals surface area contributed by atoms with Crippen molar-refractivity contribution in [2.75, 3.05) is 0 Å². The lowest BCUT2D eigenvalue weighted by atomic mass is 10.1. The minimum absolute atomic E-state index is 0.106. The Hall–Kier alpha value is -2.86. The van der Waals surface area contributed by atoms with Gasteiger partial charge in [0.05, 0.1) is 11.8 Å². The van der Waals surface area contributed by atoms with Gasteiger partial charge in [-0.05, 0) is 31.4 Å². The van der Waals surface area contributed by atoms with Crippen LogP contribution in [-0.4, -0.2) is 30.8 Å². The highest BCUT2D eigenvalue weighted by Crippen LogP contribution is 2.40. The van der Waals surface area contributed by atoms with Gasteiger partial charge in [-0.2, -0.15) is 0 Å². The van der Waals surface area contributed by atoms with Gasteiger partial charge in [-0.25, -0.2) is 0 Å². The second-order valence-electron chi connectivity index (χ2n) is 7.56. The summed E-state index contributed by atoms with van der Waals surface area (Å²) in [5.74, 6) is 1.65. The molecule has 2 aromatic carbocycles. The molecule has 1 atom stereocenters. The fourth-order valence-corrected chi connectivity index (χ4v) is 4.57. The molecule has 0 aliphatic heterocycles. The molecule has 29 heavy (non-hydrogen) atoms. The number of nitrogens with zero attached hydrogens (tertiary/aromatic N) is 3. The van der Waals surface area contributed by atoms with E-state index in [1.54, 1.807) is 0 Å². The summed E-state index contributed by atoms with van der Waals surface area (Å²) in [5, 5.41) is 10.5. The van der Waals surface area contributed by atoms with Crippen LogP contribution in [0.25, 0.3) is 10.9 Å². The van der Waals surface area contributed by atoms with Gasteiger partial charge in [0.2, 0.25) is 0 Å². The van der Waals surface area contributed by atoms with E-state index in [2.05, 4.69) is 31.9 Å². The zero-order valence-electron chi connectivity index (χ0n) is 16.2. The Morgan fingerprint density at radius 1 is 1.14 bits per heavy atom. The predicted molar refractivity (Wildman–Crippen MR) is 115 cm³/mol. The molecule has 0 unspecified atom stereocenters. The van der Waals surface area contributed by atoms with E-state index in [-0.39, 0.29) is 11.0 Å². The highest BCUT2D eigenvalue weighted by atomic mass is 32.2. The van der Waals surface area contributed by atoms with Gasteiger partial charge in [-0.15, -0.1) is 10.2 Å². The molecule has 0 saturated heterocycles. The number of aromatic nitrogens is 4. The van der Waals surface area contributed by atoms with Crippen molar-refractivity contribution in [2.24, 2.45) is 0 Å². The number of thioether (sulfide) groups is 1. The molecule has 4 aromatic rings. The summed E-state index contributed by atoms with van der Waals surface area (Å²) >= 11 is 1.50. The molecule has 6 heteroatoms. The first-order chi connectivity index (χ1) is 14.2. The van der Waals surface area contributed by atoms with E-state index in [0.717, 1.165) is 34.0 Å². The van der Waals surface area contributed by atoms with Crippen molar-refractivity contribution in [1.82, 2.24) is 19.7 Å². The van der Waals surface area contributed by atoms with Crippen LogP contribution in [0.5, 0.6) is 0 Å². The highest BCUT2D eigenvalue weighted by molar-refractivity contribution is 8.00. The number of benzene rings is 2. The number of rotatable bonds is 7. The second-order valence-corrected chi connectivity index (χ2v) is 8.87. The average molecular weight is 403 g/mol. The van der Waals surface area contributed by atoms with Crippen molar-refractivity contribution in [3.8, 4) is 0 Å². The number of carbonyl (C=O) groups is 1. The van der Waals surface area contributed by atoms with Crippen molar-refractivity contribution < 1.29 is 4.79 Å². The van der Waals surface area contributed by atoms with Crippen LogP contribution in [-0.2, 0) is 6.54 Å². The van der Waals surface area contributed by atoms with E-state index >= 15 is 0 Å². The van der Waals surface area contributed by atoms with Gasteiger partial charge < -0.3 is 9.55 Å². The number of hydrogen-bond donors (Lipinski definition) is 1. The maximum atomic E-state index is 13.1. The van der Waals surface area contributed by atoms with E-state index in [1.165, 1.54) is 30.2 Å². The molecule has 5 rings (SSSR count). The van der Waals surface area contributed by atoms with E-state index in [0.29, 0.717) is 5.92 Å². The van der Waals surface area contributed by atoms with Crippen LogP contribution in [0, 0.1) is 0 Å². The van der Waals surface area contributed by atoms with Crippen LogP contribution in [0.4, 0.5) is 0 Å². The number of carbonyl (C=O) groups excluding carboxylic acids is 1. The van der Waals surface area contributed by atoms with Crippen LogP contribution in [0.3, 0.4) is 0 Å². The second kappa shape index (κ2) is 7.52. The SMILES string of the molecule is C[C@@H](Sc1nnc(C2CC2)n1Cc1ccccc1)C(=O)c1c[nH]c2ccccc12. The fourth-order valence-electron chi connectivity index (χ4n) is 3.65. The Morgan fingerprint density at radius 2 is 1.90 bits per heavy atom. The zero-order valence-corrected chi connectivity index (χ0v) is 17.0. The smallest absolute Gasteiger partial charge is 0.192 e. The van der Waals surface area contributed by atoms with Crippen LogP contribution >= 0.6 is 11.8 Å². The third-order valence-electron chi connectivity index (χ3n) is 5.38. The molecule has 1 saturated carbocycles. The molecule has 5 nitrogen and oxygen atoms in total. The van der Waals surface area contributed by atoms with E-state index < -0.39 is 0 Å². The van der Waals surface area contributed by atoms with Crippen molar-refractivity contribution in [3.05, 3.63) is 77.7 Å². The molecule has 1 aliphatic carbocycles. The van der Waals surface area contributed by atoms with Gasteiger partial charge in [-0.1, -0.05) is 60.3 Å². The summed E-state index contributed by atoms with van der Waals surface area (Å²) in [5.41, 5.74) is 2.93. The van der Waals surface area contributed by atoms with Crippen LogP contribution in [0.15, 0.2) is 66.0 Å². The Morgan fingerprint density at radius 3 is 2.69 bits per heavy atom. The molecule has 1 N–H and O–H groups in total. The summed E-state index contributed by atoms with van der Waals surface area (Å²) in [7, 11) is 0. The number of fused-ring (bicyclic) bond motifs is 1. The number of H-pyrrole nitrogens is 1. The molecule has 0 radical (unpaired) electrons. The van der Waals surface area contributed by atoms with Crippen molar-refractivity contribution in [1.29, 1.82) is 0 Å². The van der Waals surface area contributed by atoms with Crippen LogP contribution < -0.4 is 0 Å². The van der Waals surface area contributed by atoms with Gasteiger partial charge >= 0.3 is 0 Å². The van der Waals surface area contributed by atoms with E-state index in [9.17, 15) is 4.79 Å². The fraction of sp³-hybridized carbons (Fsp3) is 0.261. The predicted octanol–water partition coefficient (Wildman–Crippen LogP) is 5.05. The lowest BCUT2D eigenvalue weighted by molar-refractivity contribution is 0.0995. The minimum atomic E-state index is -0.250. The van der Waals surface area contributed by atoms with Gasteiger partial charge in [0.1, 0.15) is 5.82 Å². The van der Waals surface area contributed by atoms with E-state index in [1.807, 2.05) is 55.6 Å². The summed E-state index contributed by atoms with van der Waals surface area (Å²) in [6, 6.07) is 18.3. The van der Waals surface area contributed by atoms with Gasteiger partial charge in [-0.3, -0.25) is 4.79 Å². The summed E-state index contributed by atoms with van der Waals surface area (Å²) in [4.78, 5) is 16.3. The first-order valence-electron chi connectivity index (χ1n) is 9.94. The Balaban J connectivity index is 1.41. The molecule has 146 valence electrons. The van der Waals surface area contributed by atoms with Crippen molar-refractivity contribution >= 4 is 28.4 Å².